The molecule has 142 valence electrons. The Morgan fingerprint density at radius 2 is 1.85 bits per heavy atom. The van der Waals surface area contributed by atoms with Gasteiger partial charge in [-0.1, -0.05) is 18.2 Å². The van der Waals surface area contributed by atoms with Crippen LogP contribution in [0.15, 0.2) is 48.5 Å². The number of nitrogens with zero attached hydrogens (tertiary/aromatic N) is 2. The van der Waals surface area contributed by atoms with Crippen molar-refractivity contribution in [1.82, 2.24) is 5.32 Å². The van der Waals surface area contributed by atoms with Gasteiger partial charge in [-0.25, -0.2) is 0 Å². The van der Waals surface area contributed by atoms with Gasteiger partial charge in [0.1, 0.15) is 17.6 Å². The Bertz CT molecular complexity index is 791. The minimum Gasteiger partial charge on any atom is -0.457 e. The van der Waals surface area contributed by atoms with Crippen LogP contribution in [-0.2, 0) is 4.74 Å². The summed E-state index contributed by atoms with van der Waals surface area (Å²) < 4.78 is 12.0. The van der Waals surface area contributed by atoms with Crippen molar-refractivity contribution in [2.45, 2.75) is 18.4 Å². The number of anilines is 1. The van der Waals surface area contributed by atoms with Crippen molar-refractivity contribution < 1.29 is 9.47 Å². The van der Waals surface area contributed by atoms with Crippen molar-refractivity contribution in [3.8, 4) is 17.6 Å². The Hall–Kier alpha value is -2.26. The van der Waals surface area contributed by atoms with Gasteiger partial charge in [-0.15, -0.1) is 12.4 Å². The molecule has 2 aliphatic rings. The minimum absolute atomic E-state index is 0. The maximum absolute atomic E-state index is 9.52. The number of hydrogen-bond acceptors (Lipinski definition) is 5. The van der Waals surface area contributed by atoms with E-state index >= 15 is 0 Å². The molecule has 2 aromatic rings. The molecule has 4 rings (SSSR count). The minimum atomic E-state index is -0.0420. The largest absolute Gasteiger partial charge is 0.457 e. The summed E-state index contributed by atoms with van der Waals surface area (Å²) in [4.78, 5) is 2.28. The van der Waals surface area contributed by atoms with Crippen LogP contribution in [0, 0.1) is 11.3 Å². The number of nitriles is 1. The predicted molar refractivity (Wildman–Crippen MR) is 108 cm³/mol. The lowest BCUT2D eigenvalue weighted by Gasteiger charge is -2.44. The van der Waals surface area contributed by atoms with Crippen LogP contribution in [0.2, 0.25) is 0 Å². The van der Waals surface area contributed by atoms with Gasteiger partial charge in [-0.05, 0) is 37.1 Å². The molecule has 0 aromatic heterocycles. The van der Waals surface area contributed by atoms with E-state index in [1.54, 1.807) is 0 Å². The summed E-state index contributed by atoms with van der Waals surface area (Å²) in [5.41, 5.74) is 1.59. The highest BCUT2D eigenvalue weighted by atomic mass is 35.5. The van der Waals surface area contributed by atoms with Gasteiger partial charge in [0, 0.05) is 32.2 Å². The molecule has 0 unspecified atom stereocenters. The summed E-state index contributed by atoms with van der Waals surface area (Å²) in [6.45, 7) is 4.40. The van der Waals surface area contributed by atoms with Crippen LogP contribution in [0.3, 0.4) is 0 Å². The van der Waals surface area contributed by atoms with Gasteiger partial charge in [0.2, 0.25) is 0 Å². The third kappa shape index (κ3) is 4.36. The monoisotopic (exact) mass is 385 g/mol. The van der Waals surface area contributed by atoms with Gasteiger partial charge in [0.25, 0.3) is 0 Å². The second-order valence-corrected chi connectivity index (χ2v) is 6.90. The van der Waals surface area contributed by atoms with Crippen molar-refractivity contribution in [2.24, 2.45) is 0 Å². The van der Waals surface area contributed by atoms with Gasteiger partial charge in [0.15, 0.2) is 0 Å². The van der Waals surface area contributed by atoms with Crippen molar-refractivity contribution in [2.75, 3.05) is 37.7 Å². The molecule has 2 aliphatic heterocycles. The smallest absolute Gasteiger partial charge is 0.129 e. The highest BCUT2D eigenvalue weighted by Crippen LogP contribution is 2.34. The van der Waals surface area contributed by atoms with Crippen LogP contribution in [-0.4, -0.2) is 38.4 Å². The number of benzene rings is 2. The standard InChI is InChI=1S/C21H23N3O2.ClH/c22-15-17-6-7-19(26-18-4-2-1-3-5-18)14-20(17)24-11-8-21(9-12-24)16-23-10-13-25-21;/h1-7,14,23H,8-13,16H2;1H. The van der Waals surface area contributed by atoms with Gasteiger partial charge >= 0.3 is 0 Å². The van der Waals surface area contributed by atoms with Gasteiger partial charge in [-0.3, -0.25) is 0 Å². The Morgan fingerprint density at radius 1 is 1.07 bits per heavy atom. The van der Waals surface area contributed by atoms with Crippen LogP contribution in [0.5, 0.6) is 11.5 Å². The van der Waals surface area contributed by atoms with E-state index < -0.39 is 0 Å². The number of piperidine rings is 1. The zero-order valence-electron chi connectivity index (χ0n) is 15.2. The molecule has 2 heterocycles. The maximum atomic E-state index is 9.52. The molecule has 2 aromatic carbocycles. The highest BCUT2D eigenvalue weighted by Gasteiger charge is 2.37. The second kappa shape index (κ2) is 8.62. The molecule has 0 amide bonds. The Kier molecular flexibility index (Phi) is 6.22. The van der Waals surface area contributed by atoms with Crippen LogP contribution < -0.4 is 15.0 Å². The summed E-state index contributed by atoms with van der Waals surface area (Å²) >= 11 is 0. The van der Waals surface area contributed by atoms with Crippen LogP contribution >= 0.6 is 12.4 Å². The molecule has 0 radical (unpaired) electrons. The SMILES string of the molecule is Cl.N#Cc1ccc(Oc2ccccc2)cc1N1CCC2(CC1)CNCCO2. The number of para-hydroxylation sites is 1. The zero-order chi connectivity index (χ0) is 17.8. The van der Waals surface area contributed by atoms with E-state index in [2.05, 4.69) is 16.3 Å². The first-order valence-electron chi connectivity index (χ1n) is 9.15. The topological polar surface area (TPSA) is 57.5 Å². The Labute approximate surface area is 166 Å². The molecular weight excluding hydrogens is 362 g/mol. The lowest BCUT2D eigenvalue weighted by molar-refractivity contribution is -0.0799. The lowest BCUT2D eigenvalue weighted by Crippen LogP contribution is -2.55. The van der Waals surface area contributed by atoms with E-state index in [0.717, 1.165) is 62.8 Å². The van der Waals surface area contributed by atoms with Crippen molar-refractivity contribution in [1.29, 1.82) is 5.26 Å². The molecule has 0 atom stereocenters. The molecule has 0 bridgehead atoms. The number of rotatable bonds is 3. The van der Waals surface area contributed by atoms with Gasteiger partial charge in [0.05, 0.1) is 23.5 Å². The first kappa shape index (κ1) is 19.5. The molecule has 0 saturated carbocycles. The van der Waals surface area contributed by atoms with Crippen LogP contribution in [0.25, 0.3) is 0 Å². The third-order valence-corrected chi connectivity index (χ3v) is 5.22. The average molecular weight is 386 g/mol. The number of ether oxygens (including phenoxy) is 2. The summed E-state index contributed by atoms with van der Waals surface area (Å²) in [6.07, 6.45) is 1.93. The summed E-state index contributed by atoms with van der Waals surface area (Å²) in [7, 11) is 0. The van der Waals surface area contributed by atoms with E-state index in [4.69, 9.17) is 9.47 Å². The summed E-state index contributed by atoms with van der Waals surface area (Å²) in [6, 6.07) is 17.7. The number of hydrogen-bond donors (Lipinski definition) is 1. The first-order valence-corrected chi connectivity index (χ1v) is 9.15. The Balaban J connectivity index is 0.00000210. The fraction of sp³-hybridized carbons (Fsp3) is 0.381. The van der Waals surface area contributed by atoms with Gasteiger partial charge < -0.3 is 19.7 Å². The normalized spacial score (nSPS) is 18.4. The average Bonchev–Trinajstić information content (AvgIpc) is 2.70. The molecular formula is C21H24ClN3O2. The van der Waals surface area contributed by atoms with E-state index in [1.165, 1.54) is 0 Å². The van der Waals surface area contributed by atoms with E-state index in [-0.39, 0.29) is 18.0 Å². The molecule has 0 aliphatic carbocycles. The number of halogens is 1. The van der Waals surface area contributed by atoms with Crippen LogP contribution in [0.1, 0.15) is 18.4 Å². The number of morpholine rings is 1. The summed E-state index contributed by atoms with van der Waals surface area (Å²) in [5.74, 6) is 1.54. The lowest BCUT2D eigenvalue weighted by atomic mass is 9.89. The van der Waals surface area contributed by atoms with Crippen LogP contribution in [0.4, 0.5) is 5.69 Å². The van der Waals surface area contributed by atoms with Crippen molar-refractivity contribution in [3.05, 3.63) is 54.1 Å². The fourth-order valence-corrected chi connectivity index (χ4v) is 3.74. The predicted octanol–water partition coefficient (Wildman–Crippen LogP) is 3.73. The van der Waals surface area contributed by atoms with E-state index in [9.17, 15) is 5.26 Å². The zero-order valence-corrected chi connectivity index (χ0v) is 16.0. The third-order valence-electron chi connectivity index (χ3n) is 5.22. The molecule has 6 heteroatoms. The highest BCUT2D eigenvalue weighted by molar-refractivity contribution is 5.85. The van der Waals surface area contributed by atoms with Crippen molar-refractivity contribution in [3.63, 3.8) is 0 Å². The van der Waals surface area contributed by atoms with Crippen molar-refractivity contribution >= 4 is 18.1 Å². The van der Waals surface area contributed by atoms with E-state index in [1.807, 2.05) is 48.5 Å². The molecule has 1 spiro atoms. The quantitative estimate of drug-likeness (QED) is 0.872. The second-order valence-electron chi connectivity index (χ2n) is 6.90. The molecule has 27 heavy (non-hydrogen) atoms. The molecule has 2 saturated heterocycles. The van der Waals surface area contributed by atoms with Gasteiger partial charge in [-0.2, -0.15) is 5.26 Å². The molecule has 5 nitrogen and oxygen atoms in total. The fourth-order valence-electron chi connectivity index (χ4n) is 3.74. The molecule has 1 N–H and O–H groups in total. The maximum Gasteiger partial charge on any atom is 0.129 e. The number of nitrogens with one attached hydrogen (secondary N) is 1. The summed E-state index contributed by atoms with van der Waals surface area (Å²) in [5, 5.41) is 13.0. The Morgan fingerprint density at radius 3 is 2.52 bits per heavy atom. The first-order chi connectivity index (χ1) is 12.8. The molecule has 2 fully saturated rings. The van der Waals surface area contributed by atoms with E-state index in [0.29, 0.717) is 5.56 Å².